The van der Waals surface area contributed by atoms with Gasteiger partial charge >= 0.3 is 0 Å². The first-order chi connectivity index (χ1) is 12.5. The zero-order chi connectivity index (χ0) is 18.7. The molecule has 1 N–H and O–H groups in total. The number of fused-ring (bicyclic) bond motifs is 1. The summed E-state index contributed by atoms with van der Waals surface area (Å²) in [6.45, 7) is 4.63. The summed E-state index contributed by atoms with van der Waals surface area (Å²) in [5.41, 5.74) is 2.26. The minimum Gasteiger partial charge on any atom is -0.340 e. The summed E-state index contributed by atoms with van der Waals surface area (Å²) in [4.78, 5) is 27.4. The standard InChI is InChI=1S/C21H23FN2O2/c1-14(2)12-18(23-20(25)16-7-5-8-17(22)13-16)21(26)24-11-10-15-6-3-4-9-19(15)24/h3-9,13-14,18H,10-12H2,1-2H3,(H,23,25)/t18-/m0/s1. The van der Waals surface area contributed by atoms with Gasteiger partial charge in [0.05, 0.1) is 0 Å². The maximum Gasteiger partial charge on any atom is 0.252 e. The first-order valence-corrected chi connectivity index (χ1v) is 8.91. The van der Waals surface area contributed by atoms with Crippen molar-refractivity contribution in [2.24, 2.45) is 5.92 Å². The van der Waals surface area contributed by atoms with E-state index in [1.807, 2.05) is 38.1 Å². The van der Waals surface area contributed by atoms with Crippen molar-refractivity contribution in [3.05, 3.63) is 65.5 Å². The molecule has 3 rings (SSSR count). The molecule has 2 aromatic rings. The van der Waals surface area contributed by atoms with E-state index in [1.54, 1.807) is 11.0 Å². The summed E-state index contributed by atoms with van der Waals surface area (Å²) in [7, 11) is 0. The molecular weight excluding hydrogens is 331 g/mol. The molecule has 0 radical (unpaired) electrons. The topological polar surface area (TPSA) is 49.4 Å². The van der Waals surface area contributed by atoms with E-state index >= 15 is 0 Å². The van der Waals surface area contributed by atoms with E-state index in [4.69, 9.17) is 0 Å². The molecule has 0 saturated heterocycles. The molecule has 136 valence electrons. The fourth-order valence-corrected chi connectivity index (χ4v) is 3.32. The molecule has 0 aromatic heterocycles. The normalized spacial score (nSPS) is 14.2. The number of anilines is 1. The van der Waals surface area contributed by atoms with Crippen LogP contribution in [0, 0.1) is 11.7 Å². The predicted molar refractivity (Wildman–Crippen MR) is 99.6 cm³/mol. The lowest BCUT2D eigenvalue weighted by molar-refractivity contribution is -0.120. The molecule has 2 amide bonds. The molecule has 0 saturated carbocycles. The quantitative estimate of drug-likeness (QED) is 0.892. The average molecular weight is 354 g/mol. The first-order valence-electron chi connectivity index (χ1n) is 8.91. The van der Waals surface area contributed by atoms with E-state index in [2.05, 4.69) is 5.32 Å². The zero-order valence-electron chi connectivity index (χ0n) is 15.0. The molecule has 1 aliphatic heterocycles. The number of amides is 2. The Morgan fingerprint density at radius 2 is 1.92 bits per heavy atom. The molecular formula is C21H23FN2O2. The third kappa shape index (κ3) is 3.93. The molecule has 1 heterocycles. The van der Waals surface area contributed by atoms with Crippen molar-refractivity contribution in [2.45, 2.75) is 32.7 Å². The number of carbonyl (C=O) groups excluding carboxylic acids is 2. The summed E-state index contributed by atoms with van der Waals surface area (Å²) in [5, 5.41) is 2.80. The smallest absolute Gasteiger partial charge is 0.252 e. The lowest BCUT2D eigenvalue weighted by Crippen LogP contribution is -2.49. The van der Waals surface area contributed by atoms with Gasteiger partial charge in [0.1, 0.15) is 11.9 Å². The Labute approximate surface area is 153 Å². The van der Waals surface area contributed by atoms with Crippen LogP contribution < -0.4 is 10.2 Å². The van der Waals surface area contributed by atoms with Crippen molar-refractivity contribution in [2.75, 3.05) is 11.4 Å². The molecule has 26 heavy (non-hydrogen) atoms. The molecule has 0 bridgehead atoms. The third-order valence-corrected chi connectivity index (χ3v) is 4.55. The summed E-state index contributed by atoms with van der Waals surface area (Å²) >= 11 is 0. The highest BCUT2D eigenvalue weighted by atomic mass is 19.1. The van der Waals surface area contributed by atoms with Gasteiger partial charge in [-0.25, -0.2) is 4.39 Å². The Balaban J connectivity index is 1.80. The second kappa shape index (κ2) is 7.68. The Morgan fingerprint density at radius 3 is 2.65 bits per heavy atom. The minimum absolute atomic E-state index is 0.117. The molecule has 0 unspecified atom stereocenters. The lowest BCUT2D eigenvalue weighted by atomic mass is 10.0. The van der Waals surface area contributed by atoms with Crippen molar-refractivity contribution in [3.8, 4) is 0 Å². The van der Waals surface area contributed by atoms with Gasteiger partial charge in [-0.05, 0) is 48.6 Å². The summed E-state index contributed by atoms with van der Waals surface area (Å²) in [6.07, 6.45) is 1.34. The SMILES string of the molecule is CC(C)C[C@H](NC(=O)c1cccc(F)c1)C(=O)N1CCc2ccccc21. The largest absolute Gasteiger partial charge is 0.340 e. The van der Waals surface area contributed by atoms with Gasteiger partial charge in [0.25, 0.3) is 5.91 Å². The van der Waals surface area contributed by atoms with Gasteiger partial charge in [-0.15, -0.1) is 0 Å². The van der Waals surface area contributed by atoms with Crippen molar-refractivity contribution in [1.82, 2.24) is 5.32 Å². The second-order valence-electron chi connectivity index (χ2n) is 7.03. The number of carbonyl (C=O) groups is 2. The summed E-state index contributed by atoms with van der Waals surface area (Å²) < 4.78 is 13.4. The number of halogens is 1. The highest BCUT2D eigenvalue weighted by Gasteiger charge is 2.31. The van der Waals surface area contributed by atoms with Crippen LogP contribution in [0.2, 0.25) is 0 Å². The van der Waals surface area contributed by atoms with Crippen molar-refractivity contribution in [3.63, 3.8) is 0 Å². The molecule has 0 aliphatic carbocycles. The van der Waals surface area contributed by atoms with Crippen LogP contribution in [0.15, 0.2) is 48.5 Å². The van der Waals surface area contributed by atoms with Crippen LogP contribution in [-0.2, 0) is 11.2 Å². The molecule has 0 spiro atoms. The van der Waals surface area contributed by atoms with E-state index in [-0.39, 0.29) is 17.4 Å². The number of hydrogen-bond acceptors (Lipinski definition) is 2. The summed E-state index contributed by atoms with van der Waals surface area (Å²) in [5.74, 6) is -0.795. The van der Waals surface area contributed by atoms with Crippen LogP contribution in [0.5, 0.6) is 0 Å². The third-order valence-electron chi connectivity index (χ3n) is 4.55. The lowest BCUT2D eigenvalue weighted by Gasteiger charge is -2.26. The number of nitrogens with one attached hydrogen (secondary N) is 1. The fraction of sp³-hybridized carbons (Fsp3) is 0.333. The summed E-state index contributed by atoms with van der Waals surface area (Å²) in [6, 6.07) is 12.7. The van der Waals surface area contributed by atoms with Gasteiger partial charge in [0, 0.05) is 17.8 Å². The van der Waals surface area contributed by atoms with Gasteiger partial charge in [0.15, 0.2) is 0 Å². The predicted octanol–water partition coefficient (Wildman–Crippen LogP) is 3.56. The number of hydrogen-bond donors (Lipinski definition) is 1. The van der Waals surface area contributed by atoms with Crippen molar-refractivity contribution in [1.29, 1.82) is 0 Å². The zero-order valence-corrected chi connectivity index (χ0v) is 15.0. The molecule has 4 nitrogen and oxygen atoms in total. The number of benzene rings is 2. The van der Waals surface area contributed by atoms with Crippen LogP contribution in [0.4, 0.5) is 10.1 Å². The average Bonchev–Trinajstić information content (AvgIpc) is 3.04. The number of rotatable bonds is 5. The van der Waals surface area contributed by atoms with Crippen molar-refractivity contribution < 1.29 is 14.0 Å². The molecule has 1 atom stereocenters. The van der Waals surface area contributed by atoms with E-state index in [0.29, 0.717) is 13.0 Å². The highest BCUT2D eigenvalue weighted by molar-refractivity contribution is 6.03. The molecule has 5 heteroatoms. The van der Waals surface area contributed by atoms with E-state index in [0.717, 1.165) is 17.7 Å². The number of nitrogens with zero attached hydrogens (tertiary/aromatic N) is 1. The van der Waals surface area contributed by atoms with Gasteiger partial charge in [-0.3, -0.25) is 9.59 Å². The van der Waals surface area contributed by atoms with E-state index in [9.17, 15) is 14.0 Å². The fourth-order valence-electron chi connectivity index (χ4n) is 3.32. The minimum atomic E-state index is -0.642. The molecule has 1 aliphatic rings. The van der Waals surface area contributed by atoms with Gasteiger partial charge < -0.3 is 10.2 Å². The van der Waals surface area contributed by atoms with Crippen molar-refractivity contribution >= 4 is 17.5 Å². The Bertz CT molecular complexity index is 819. The van der Waals surface area contributed by atoms with Crippen LogP contribution >= 0.6 is 0 Å². The maximum absolute atomic E-state index is 13.4. The Hall–Kier alpha value is -2.69. The van der Waals surface area contributed by atoms with Gasteiger partial charge in [0.2, 0.25) is 5.91 Å². The molecule has 2 aromatic carbocycles. The highest BCUT2D eigenvalue weighted by Crippen LogP contribution is 2.28. The van der Waals surface area contributed by atoms with Crippen LogP contribution in [0.1, 0.15) is 36.2 Å². The second-order valence-corrected chi connectivity index (χ2v) is 7.03. The van der Waals surface area contributed by atoms with Crippen LogP contribution in [-0.4, -0.2) is 24.4 Å². The van der Waals surface area contributed by atoms with Crippen LogP contribution in [0.3, 0.4) is 0 Å². The Kier molecular flexibility index (Phi) is 5.35. The van der Waals surface area contributed by atoms with Gasteiger partial charge in [-0.1, -0.05) is 38.1 Å². The van der Waals surface area contributed by atoms with Gasteiger partial charge in [-0.2, -0.15) is 0 Å². The maximum atomic E-state index is 13.4. The van der Waals surface area contributed by atoms with Crippen LogP contribution in [0.25, 0.3) is 0 Å². The first kappa shape index (κ1) is 18.1. The Morgan fingerprint density at radius 1 is 1.15 bits per heavy atom. The van der Waals surface area contributed by atoms with E-state index < -0.39 is 17.8 Å². The molecule has 0 fully saturated rings. The monoisotopic (exact) mass is 354 g/mol. The number of para-hydroxylation sites is 1. The van der Waals surface area contributed by atoms with E-state index in [1.165, 1.54) is 18.2 Å².